The predicted molar refractivity (Wildman–Crippen MR) is 85.0 cm³/mol. The Morgan fingerprint density at radius 2 is 2.21 bits per heavy atom. The molecule has 0 heterocycles. The van der Waals surface area contributed by atoms with E-state index in [1.165, 1.54) is 0 Å². The molecule has 19 heavy (non-hydrogen) atoms. The van der Waals surface area contributed by atoms with E-state index in [0.717, 1.165) is 12.3 Å². The molecule has 1 aromatic rings. The first-order valence-corrected chi connectivity index (χ1v) is 7.45. The highest BCUT2D eigenvalue weighted by atomic mass is 35.5. The van der Waals surface area contributed by atoms with Gasteiger partial charge in [0.15, 0.2) is 0 Å². The Hall–Kier alpha value is -0.910. The smallest absolute Gasteiger partial charge is 0.237 e. The summed E-state index contributed by atoms with van der Waals surface area (Å²) in [6.07, 6.45) is 0. The number of amides is 1. The minimum absolute atomic E-state index is 0.0459. The molecule has 0 aliphatic heterocycles. The van der Waals surface area contributed by atoms with Crippen LogP contribution in [0.1, 0.15) is 6.92 Å². The van der Waals surface area contributed by atoms with Crippen molar-refractivity contribution in [2.24, 2.45) is 0 Å². The molecule has 4 nitrogen and oxygen atoms in total. The van der Waals surface area contributed by atoms with Crippen LogP contribution in [0, 0.1) is 0 Å². The van der Waals surface area contributed by atoms with E-state index in [4.69, 9.17) is 17.3 Å². The Kier molecular flexibility index (Phi) is 6.48. The van der Waals surface area contributed by atoms with Crippen LogP contribution in [0.3, 0.4) is 0 Å². The molecule has 106 valence electrons. The molecule has 0 spiro atoms. The van der Waals surface area contributed by atoms with Crippen LogP contribution in [0.2, 0.25) is 5.02 Å². The number of halogens is 1. The van der Waals surface area contributed by atoms with E-state index in [1.807, 2.05) is 21.0 Å². The van der Waals surface area contributed by atoms with Gasteiger partial charge in [-0.25, -0.2) is 0 Å². The van der Waals surface area contributed by atoms with E-state index < -0.39 is 0 Å². The fourth-order valence-corrected chi connectivity index (χ4v) is 2.63. The van der Waals surface area contributed by atoms with Gasteiger partial charge in [-0.3, -0.25) is 4.79 Å². The molecular weight excluding hydrogens is 282 g/mol. The summed E-state index contributed by atoms with van der Waals surface area (Å²) < 4.78 is 0. The molecule has 0 saturated carbocycles. The van der Waals surface area contributed by atoms with Crippen molar-refractivity contribution < 1.29 is 4.79 Å². The van der Waals surface area contributed by atoms with E-state index in [-0.39, 0.29) is 11.2 Å². The number of nitrogens with two attached hydrogens (primary N) is 1. The second kappa shape index (κ2) is 7.62. The van der Waals surface area contributed by atoms with Crippen molar-refractivity contribution in [2.45, 2.75) is 12.2 Å². The third kappa shape index (κ3) is 5.72. The van der Waals surface area contributed by atoms with Gasteiger partial charge in [0.1, 0.15) is 0 Å². The third-order valence-electron chi connectivity index (χ3n) is 2.53. The lowest BCUT2D eigenvalue weighted by molar-refractivity contribution is -0.115. The Morgan fingerprint density at radius 1 is 1.53 bits per heavy atom. The highest BCUT2D eigenvalue weighted by molar-refractivity contribution is 8.00. The molecule has 1 rings (SSSR count). The van der Waals surface area contributed by atoms with E-state index in [0.29, 0.717) is 16.4 Å². The normalized spacial score (nSPS) is 12.5. The van der Waals surface area contributed by atoms with Gasteiger partial charge in [0.05, 0.1) is 16.0 Å². The van der Waals surface area contributed by atoms with Gasteiger partial charge in [-0.2, -0.15) is 0 Å². The second-order valence-corrected chi connectivity index (χ2v) is 6.40. The van der Waals surface area contributed by atoms with Crippen LogP contribution in [-0.2, 0) is 4.79 Å². The Bertz CT molecular complexity index is 440. The second-order valence-electron chi connectivity index (χ2n) is 4.54. The number of nitrogen functional groups attached to an aromatic ring is 1. The number of anilines is 2. The molecule has 0 aliphatic rings. The maximum absolute atomic E-state index is 12.0. The fourth-order valence-electron chi connectivity index (χ4n) is 1.35. The fraction of sp³-hybridized carbons (Fsp3) is 0.462. The average molecular weight is 302 g/mol. The zero-order valence-corrected chi connectivity index (χ0v) is 13.0. The number of hydrogen-bond donors (Lipinski definition) is 2. The van der Waals surface area contributed by atoms with Gasteiger partial charge < -0.3 is 16.0 Å². The topological polar surface area (TPSA) is 58.4 Å². The summed E-state index contributed by atoms with van der Waals surface area (Å²) >= 11 is 7.64. The van der Waals surface area contributed by atoms with Gasteiger partial charge in [-0.05, 0) is 39.2 Å². The first-order valence-electron chi connectivity index (χ1n) is 6.02. The van der Waals surface area contributed by atoms with E-state index in [9.17, 15) is 4.79 Å². The van der Waals surface area contributed by atoms with Crippen LogP contribution in [-0.4, -0.2) is 42.4 Å². The number of hydrogen-bond acceptors (Lipinski definition) is 4. The monoisotopic (exact) mass is 301 g/mol. The minimum atomic E-state index is -0.117. The molecule has 0 bridgehead atoms. The molecule has 1 atom stereocenters. The summed E-state index contributed by atoms with van der Waals surface area (Å²) in [5.41, 5.74) is 6.78. The van der Waals surface area contributed by atoms with Crippen molar-refractivity contribution in [3.05, 3.63) is 23.2 Å². The van der Waals surface area contributed by atoms with Gasteiger partial charge in [0, 0.05) is 18.0 Å². The van der Waals surface area contributed by atoms with E-state index in [2.05, 4.69) is 10.2 Å². The van der Waals surface area contributed by atoms with Crippen LogP contribution in [0.5, 0.6) is 0 Å². The van der Waals surface area contributed by atoms with Crippen LogP contribution < -0.4 is 11.1 Å². The third-order valence-corrected chi connectivity index (χ3v) is 3.97. The maximum Gasteiger partial charge on any atom is 0.237 e. The number of rotatable bonds is 6. The number of carbonyl (C=O) groups is 1. The van der Waals surface area contributed by atoms with E-state index in [1.54, 1.807) is 30.0 Å². The number of nitrogens with zero attached hydrogens (tertiary/aromatic N) is 1. The Morgan fingerprint density at radius 3 is 2.79 bits per heavy atom. The highest BCUT2D eigenvalue weighted by Gasteiger charge is 2.14. The van der Waals surface area contributed by atoms with Crippen molar-refractivity contribution in [3.63, 3.8) is 0 Å². The number of carbonyl (C=O) groups excluding carboxylic acids is 1. The Balaban J connectivity index is 2.49. The van der Waals surface area contributed by atoms with Crippen LogP contribution in [0.4, 0.5) is 11.4 Å². The molecule has 6 heteroatoms. The van der Waals surface area contributed by atoms with Crippen LogP contribution >= 0.6 is 23.4 Å². The van der Waals surface area contributed by atoms with Gasteiger partial charge in [-0.1, -0.05) is 11.6 Å². The summed E-state index contributed by atoms with van der Waals surface area (Å²) in [6, 6.07) is 5.05. The molecule has 1 unspecified atom stereocenters. The van der Waals surface area contributed by atoms with Gasteiger partial charge in [0.25, 0.3) is 0 Å². The zero-order chi connectivity index (χ0) is 14.4. The molecule has 3 N–H and O–H groups in total. The molecule has 0 radical (unpaired) electrons. The lowest BCUT2D eigenvalue weighted by atomic mass is 10.2. The predicted octanol–water partition coefficient (Wildman–Crippen LogP) is 2.54. The van der Waals surface area contributed by atoms with Crippen molar-refractivity contribution in [3.8, 4) is 0 Å². The summed E-state index contributed by atoms with van der Waals surface area (Å²) in [5, 5.41) is 3.15. The van der Waals surface area contributed by atoms with Crippen molar-refractivity contribution >= 4 is 40.6 Å². The van der Waals surface area contributed by atoms with Gasteiger partial charge in [-0.15, -0.1) is 11.8 Å². The summed E-state index contributed by atoms with van der Waals surface area (Å²) in [6.45, 7) is 2.84. The first kappa shape index (κ1) is 16.1. The average Bonchev–Trinajstić information content (AvgIpc) is 2.32. The van der Waals surface area contributed by atoms with E-state index >= 15 is 0 Å². The van der Waals surface area contributed by atoms with Gasteiger partial charge >= 0.3 is 0 Å². The summed E-state index contributed by atoms with van der Waals surface area (Å²) in [7, 11) is 4.03. The van der Waals surface area contributed by atoms with Crippen LogP contribution in [0.25, 0.3) is 0 Å². The van der Waals surface area contributed by atoms with Crippen molar-refractivity contribution in [2.75, 3.05) is 37.4 Å². The number of thioether (sulfide) groups is 1. The van der Waals surface area contributed by atoms with Crippen LogP contribution in [0.15, 0.2) is 18.2 Å². The molecule has 0 aromatic heterocycles. The summed E-state index contributed by atoms with van der Waals surface area (Å²) in [4.78, 5) is 14.1. The highest BCUT2D eigenvalue weighted by Crippen LogP contribution is 2.25. The molecular formula is C13H20ClN3OS. The van der Waals surface area contributed by atoms with Gasteiger partial charge in [0.2, 0.25) is 5.91 Å². The van der Waals surface area contributed by atoms with Crippen molar-refractivity contribution in [1.29, 1.82) is 0 Å². The van der Waals surface area contributed by atoms with Crippen molar-refractivity contribution in [1.82, 2.24) is 4.90 Å². The molecule has 0 fully saturated rings. The number of nitrogens with one attached hydrogen (secondary N) is 1. The molecule has 1 amide bonds. The largest absolute Gasteiger partial charge is 0.399 e. The standard InChI is InChI=1S/C13H20ClN3OS/c1-9(19-7-6-17(2)3)13(18)16-12-5-4-10(15)8-11(12)14/h4-5,8-9H,6-7,15H2,1-3H3,(H,16,18). The SMILES string of the molecule is CC(SCCN(C)C)C(=O)Nc1ccc(N)cc1Cl. The lowest BCUT2D eigenvalue weighted by Crippen LogP contribution is -2.24. The zero-order valence-electron chi connectivity index (χ0n) is 11.4. The maximum atomic E-state index is 12.0. The minimum Gasteiger partial charge on any atom is -0.399 e. The molecule has 0 saturated heterocycles. The first-order chi connectivity index (χ1) is 8.90. The molecule has 0 aliphatic carbocycles. The lowest BCUT2D eigenvalue weighted by Gasteiger charge is -2.14. The quantitative estimate of drug-likeness (QED) is 0.793. The molecule has 1 aromatic carbocycles. The Labute approximate surface area is 123 Å². The summed E-state index contributed by atoms with van der Waals surface area (Å²) in [5.74, 6) is 0.868. The number of benzene rings is 1.